The molecule has 1 aliphatic carbocycles. The van der Waals surface area contributed by atoms with E-state index in [1.807, 2.05) is 13.0 Å². The van der Waals surface area contributed by atoms with Gasteiger partial charge in [-0.2, -0.15) is 0 Å². The highest BCUT2D eigenvalue weighted by Crippen LogP contribution is 2.32. The van der Waals surface area contributed by atoms with Gasteiger partial charge in [0.1, 0.15) is 5.82 Å². The van der Waals surface area contributed by atoms with E-state index in [4.69, 9.17) is 0 Å². The normalized spacial score (nSPS) is 29.2. The van der Waals surface area contributed by atoms with Gasteiger partial charge < -0.3 is 10.4 Å². The van der Waals surface area contributed by atoms with Crippen molar-refractivity contribution in [2.24, 2.45) is 5.92 Å². The van der Waals surface area contributed by atoms with Crippen LogP contribution >= 0.6 is 0 Å². The van der Waals surface area contributed by atoms with E-state index >= 15 is 0 Å². The Labute approximate surface area is 115 Å². The minimum atomic E-state index is -0.628. The summed E-state index contributed by atoms with van der Waals surface area (Å²) in [5.41, 5.74) is 0.0342. The van der Waals surface area contributed by atoms with Crippen molar-refractivity contribution in [1.29, 1.82) is 0 Å². The molecule has 106 valence electrons. The van der Waals surface area contributed by atoms with Crippen LogP contribution in [-0.2, 0) is 0 Å². The summed E-state index contributed by atoms with van der Waals surface area (Å²) in [4.78, 5) is 0. The second-order valence-electron chi connectivity index (χ2n) is 6.05. The van der Waals surface area contributed by atoms with Gasteiger partial charge in [-0.15, -0.1) is 0 Å². The van der Waals surface area contributed by atoms with Crippen LogP contribution in [0.2, 0.25) is 0 Å². The molecule has 0 bridgehead atoms. The third-order valence-electron chi connectivity index (χ3n) is 4.18. The minimum absolute atomic E-state index is 0.0811. The molecule has 0 saturated heterocycles. The molecule has 0 amide bonds. The van der Waals surface area contributed by atoms with E-state index in [-0.39, 0.29) is 11.9 Å². The Balaban J connectivity index is 1.93. The molecule has 1 saturated carbocycles. The van der Waals surface area contributed by atoms with Crippen molar-refractivity contribution in [3.05, 3.63) is 35.6 Å². The molecule has 19 heavy (non-hydrogen) atoms. The molecule has 2 rings (SSSR count). The highest BCUT2D eigenvalue weighted by atomic mass is 19.1. The molecule has 0 aliphatic heterocycles. The molecule has 0 spiro atoms. The lowest BCUT2D eigenvalue weighted by molar-refractivity contribution is -0.0135. The Hall–Kier alpha value is -0.930. The molecule has 1 fully saturated rings. The maximum atomic E-state index is 13.7. The van der Waals surface area contributed by atoms with E-state index in [9.17, 15) is 9.50 Å². The van der Waals surface area contributed by atoms with E-state index in [0.717, 1.165) is 19.3 Å². The van der Waals surface area contributed by atoms with Crippen LogP contribution in [0, 0.1) is 11.7 Å². The van der Waals surface area contributed by atoms with Gasteiger partial charge in [0, 0.05) is 18.2 Å². The molecule has 1 aromatic carbocycles. The molecule has 1 aliphatic rings. The van der Waals surface area contributed by atoms with E-state index in [1.165, 1.54) is 12.5 Å². The fourth-order valence-corrected chi connectivity index (χ4v) is 3.07. The summed E-state index contributed by atoms with van der Waals surface area (Å²) in [7, 11) is 0. The molecule has 0 aromatic heterocycles. The second-order valence-corrected chi connectivity index (χ2v) is 6.05. The monoisotopic (exact) mass is 265 g/mol. The van der Waals surface area contributed by atoms with Crippen LogP contribution in [-0.4, -0.2) is 17.3 Å². The third-order valence-corrected chi connectivity index (χ3v) is 4.18. The SMILES string of the molecule is CC1CCCC(O)(CNC(C)c2ccccc2F)C1. The molecule has 3 unspecified atom stereocenters. The molecule has 2 N–H and O–H groups in total. The predicted molar refractivity (Wildman–Crippen MR) is 75.4 cm³/mol. The first-order valence-electron chi connectivity index (χ1n) is 7.20. The summed E-state index contributed by atoms with van der Waals surface area (Å²) >= 11 is 0. The van der Waals surface area contributed by atoms with Gasteiger partial charge in [-0.05, 0) is 31.7 Å². The molecule has 0 radical (unpaired) electrons. The molecular weight excluding hydrogens is 241 g/mol. The zero-order valence-electron chi connectivity index (χ0n) is 11.8. The first kappa shape index (κ1) is 14.5. The van der Waals surface area contributed by atoms with Crippen LogP contribution in [0.15, 0.2) is 24.3 Å². The Morgan fingerprint density at radius 2 is 2.21 bits per heavy atom. The standard InChI is InChI=1S/C16H24FNO/c1-12-6-5-9-16(19,10-12)11-18-13(2)14-7-3-4-8-15(14)17/h3-4,7-8,12-13,18-19H,5-6,9-11H2,1-2H3. The summed E-state index contributed by atoms with van der Waals surface area (Å²) < 4.78 is 13.7. The average Bonchev–Trinajstić information content (AvgIpc) is 2.36. The van der Waals surface area contributed by atoms with Gasteiger partial charge in [-0.3, -0.25) is 0 Å². The van der Waals surface area contributed by atoms with Crippen LogP contribution < -0.4 is 5.32 Å². The Bertz CT molecular complexity index is 423. The molecule has 1 aromatic rings. The van der Waals surface area contributed by atoms with Gasteiger partial charge in [0.25, 0.3) is 0 Å². The van der Waals surface area contributed by atoms with Gasteiger partial charge in [-0.25, -0.2) is 4.39 Å². The maximum Gasteiger partial charge on any atom is 0.127 e. The van der Waals surface area contributed by atoms with Gasteiger partial charge >= 0.3 is 0 Å². The van der Waals surface area contributed by atoms with Crippen LogP contribution in [0.25, 0.3) is 0 Å². The molecule has 3 atom stereocenters. The predicted octanol–water partition coefficient (Wildman–Crippen LogP) is 3.42. The topological polar surface area (TPSA) is 32.3 Å². The number of rotatable bonds is 4. The lowest BCUT2D eigenvalue weighted by Crippen LogP contribution is -2.44. The van der Waals surface area contributed by atoms with Crippen molar-refractivity contribution < 1.29 is 9.50 Å². The van der Waals surface area contributed by atoms with Crippen molar-refractivity contribution in [3.8, 4) is 0 Å². The molecule has 3 heteroatoms. The highest BCUT2D eigenvalue weighted by Gasteiger charge is 2.32. The number of hydrogen-bond donors (Lipinski definition) is 2. The van der Waals surface area contributed by atoms with E-state index in [1.54, 1.807) is 12.1 Å². The summed E-state index contributed by atoms with van der Waals surface area (Å²) in [5, 5.41) is 13.8. The first-order valence-corrected chi connectivity index (χ1v) is 7.20. The second kappa shape index (κ2) is 6.02. The third kappa shape index (κ3) is 3.77. The van der Waals surface area contributed by atoms with Crippen molar-refractivity contribution in [2.45, 2.75) is 51.2 Å². The van der Waals surface area contributed by atoms with Gasteiger partial charge in [-0.1, -0.05) is 38.0 Å². The van der Waals surface area contributed by atoms with Crippen LogP contribution in [0.1, 0.15) is 51.1 Å². The zero-order chi connectivity index (χ0) is 13.9. The van der Waals surface area contributed by atoms with E-state index in [2.05, 4.69) is 12.2 Å². The van der Waals surface area contributed by atoms with Crippen molar-refractivity contribution in [3.63, 3.8) is 0 Å². The largest absolute Gasteiger partial charge is 0.389 e. The van der Waals surface area contributed by atoms with Crippen LogP contribution in [0.3, 0.4) is 0 Å². The Morgan fingerprint density at radius 1 is 1.47 bits per heavy atom. The number of aliphatic hydroxyl groups is 1. The number of benzene rings is 1. The van der Waals surface area contributed by atoms with E-state index in [0.29, 0.717) is 18.0 Å². The summed E-state index contributed by atoms with van der Waals surface area (Å²) in [6.07, 6.45) is 3.96. The van der Waals surface area contributed by atoms with Crippen molar-refractivity contribution >= 4 is 0 Å². The minimum Gasteiger partial charge on any atom is -0.389 e. The average molecular weight is 265 g/mol. The number of hydrogen-bond acceptors (Lipinski definition) is 2. The lowest BCUT2D eigenvalue weighted by Gasteiger charge is -2.36. The molecule has 0 heterocycles. The van der Waals surface area contributed by atoms with Gasteiger partial charge in [0.05, 0.1) is 5.60 Å². The zero-order valence-corrected chi connectivity index (χ0v) is 11.8. The smallest absolute Gasteiger partial charge is 0.127 e. The lowest BCUT2D eigenvalue weighted by atomic mass is 9.79. The number of nitrogens with one attached hydrogen (secondary N) is 1. The van der Waals surface area contributed by atoms with Gasteiger partial charge in [0.15, 0.2) is 0 Å². The van der Waals surface area contributed by atoms with Crippen molar-refractivity contribution in [1.82, 2.24) is 5.32 Å². The summed E-state index contributed by atoms with van der Waals surface area (Å²) in [5.74, 6) is 0.385. The van der Waals surface area contributed by atoms with Crippen LogP contribution in [0.5, 0.6) is 0 Å². The van der Waals surface area contributed by atoms with Crippen molar-refractivity contribution in [2.75, 3.05) is 6.54 Å². The number of halogens is 1. The Kier molecular flexibility index (Phi) is 4.58. The highest BCUT2D eigenvalue weighted by molar-refractivity contribution is 5.20. The summed E-state index contributed by atoms with van der Waals surface area (Å²) in [6.45, 7) is 4.66. The maximum absolute atomic E-state index is 13.7. The summed E-state index contributed by atoms with van der Waals surface area (Å²) in [6, 6.07) is 6.73. The van der Waals surface area contributed by atoms with Crippen LogP contribution in [0.4, 0.5) is 4.39 Å². The molecule has 2 nitrogen and oxygen atoms in total. The van der Waals surface area contributed by atoms with E-state index < -0.39 is 5.60 Å². The van der Waals surface area contributed by atoms with Gasteiger partial charge in [0.2, 0.25) is 0 Å². The fourth-order valence-electron chi connectivity index (χ4n) is 3.07. The molecular formula is C16H24FNO. The first-order chi connectivity index (χ1) is 9.00. The Morgan fingerprint density at radius 3 is 2.89 bits per heavy atom. The quantitative estimate of drug-likeness (QED) is 0.874. The fraction of sp³-hybridized carbons (Fsp3) is 0.625.